The highest BCUT2D eigenvalue weighted by molar-refractivity contribution is 7.39. The van der Waals surface area contributed by atoms with Crippen LogP contribution in [0.3, 0.4) is 0 Å². The van der Waals surface area contributed by atoms with Crippen molar-refractivity contribution in [2.75, 3.05) is 5.32 Å². The Hall–Kier alpha value is -3.37. The van der Waals surface area contributed by atoms with E-state index in [1.54, 1.807) is 24.3 Å². The fourth-order valence-corrected chi connectivity index (χ4v) is 5.84. The molecule has 3 aromatic carbocycles. The summed E-state index contributed by atoms with van der Waals surface area (Å²) in [5, 5.41) is 13.6. The van der Waals surface area contributed by atoms with Crippen molar-refractivity contribution in [2.24, 2.45) is 0 Å². The monoisotopic (exact) mass is 629 g/mol. The number of benzene rings is 3. The lowest BCUT2D eigenvalue weighted by Gasteiger charge is -2.22. The Kier molecular flexibility index (Phi) is 10.9. The van der Waals surface area contributed by atoms with E-state index in [0.717, 1.165) is 5.56 Å². The van der Waals surface area contributed by atoms with Gasteiger partial charge in [0.15, 0.2) is 0 Å². The van der Waals surface area contributed by atoms with Crippen molar-refractivity contribution in [3.8, 4) is 22.4 Å². The minimum absolute atomic E-state index is 0.0411. The first-order valence-electron chi connectivity index (χ1n) is 13.4. The zero-order chi connectivity index (χ0) is 31.1. The van der Waals surface area contributed by atoms with Crippen molar-refractivity contribution >= 4 is 28.5 Å². The van der Waals surface area contributed by atoms with Crippen LogP contribution in [0.1, 0.15) is 48.7 Å². The quantitative estimate of drug-likeness (QED) is 0.0814. The summed E-state index contributed by atoms with van der Waals surface area (Å²) in [7, 11) is -6.47. The Balaban J connectivity index is 1.91. The van der Waals surface area contributed by atoms with Crippen molar-refractivity contribution in [3.63, 3.8) is 0 Å². The number of aliphatic hydroxyl groups is 1. The second-order valence-corrected chi connectivity index (χ2v) is 11.3. The molecule has 2 atom stereocenters. The molecule has 226 valence electrons. The van der Waals surface area contributed by atoms with Crippen LogP contribution >= 0.6 is 16.9 Å². The Labute approximate surface area is 250 Å². The molecule has 5 N–H and O–H groups in total. The number of anilines is 1. The van der Waals surface area contributed by atoms with Gasteiger partial charge in [0.1, 0.15) is 5.82 Å². The maximum atomic E-state index is 14.1. The van der Waals surface area contributed by atoms with Crippen molar-refractivity contribution in [1.82, 2.24) is 4.57 Å². The molecule has 0 radical (unpaired) electrons. The van der Waals surface area contributed by atoms with E-state index in [4.69, 9.17) is 0 Å². The number of para-hydroxylation sites is 1. The topological polar surface area (TPSA) is 150 Å². The maximum absolute atomic E-state index is 14.1. The molecule has 1 heterocycles. The third kappa shape index (κ3) is 8.17. The van der Waals surface area contributed by atoms with E-state index >= 15 is 0 Å². The van der Waals surface area contributed by atoms with Gasteiger partial charge < -0.3 is 24.8 Å². The van der Waals surface area contributed by atoms with Crippen LogP contribution in [0.2, 0.25) is 0 Å². The van der Waals surface area contributed by atoms with Gasteiger partial charge in [0.2, 0.25) is 0 Å². The van der Waals surface area contributed by atoms with E-state index in [0.29, 0.717) is 33.8 Å². The van der Waals surface area contributed by atoms with Gasteiger partial charge in [-0.1, -0.05) is 66.9 Å². The number of rotatable bonds is 13. The molecular weight excluding hydrogens is 597 g/mol. The van der Waals surface area contributed by atoms with Crippen LogP contribution in [0.4, 0.5) is 10.1 Å². The van der Waals surface area contributed by atoms with E-state index in [1.807, 2.05) is 66.9 Å². The molecule has 0 fully saturated rings. The van der Waals surface area contributed by atoms with Crippen molar-refractivity contribution < 1.29 is 42.6 Å². The lowest BCUT2D eigenvalue weighted by atomic mass is 9.94. The maximum Gasteiger partial charge on any atom is 0.700 e. The summed E-state index contributed by atoms with van der Waals surface area (Å²) in [4.78, 5) is 41.9. The van der Waals surface area contributed by atoms with Gasteiger partial charge in [0.25, 0.3) is 5.91 Å². The molecule has 10 nitrogen and oxygen atoms in total. The lowest BCUT2D eigenvalue weighted by Crippen LogP contribution is -2.32. The van der Waals surface area contributed by atoms with E-state index < -0.39 is 35.1 Å². The molecule has 0 aliphatic carbocycles. The first-order valence-corrected chi connectivity index (χ1v) is 15.7. The highest BCUT2D eigenvalue weighted by atomic mass is 31.2. The first-order chi connectivity index (χ1) is 20.5. The van der Waals surface area contributed by atoms with Gasteiger partial charge in [0, 0.05) is 34.5 Å². The molecule has 0 spiro atoms. The molecule has 1 aromatic heterocycles. The zero-order valence-electron chi connectivity index (χ0n) is 23.4. The van der Waals surface area contributed by atoms with Crippen molar-refractivity contribution in [3.05, 3.63) is 102 Å². The normalized spacial score (nSPS) is 13.3. The molecule has 1 amide bonds. The number of carbonyl (C=O) groups is 1. The Morgan fingerprint density at radius 3 is 2.16 bits per heavy atom. The second-order valence-electron chi connectivity index (χ2n) is 9.97. The summed E-state index contributed by atoms with van der Waals surface area (Å²) in [5.41, 5.74) is 4.23. The first kappa shape index (κ1) is 32.5. The van der Waals surface area contributed by atoms with E-state index in [2.05, 4.69) is 14.4 Å². The van der Waals surface area contributed by atoms with E-state index in [-0.39, 0.29) is 24.8 Å². The Morgan fingerprint density at radius 1 is 1.00 bits per heavy atom. The van der Waals surface area contributed by atoms with Gasteiger partial charge in [-0.3, -0.25) is 9.32 Å². The summed E-state index contributed by atoms with van der Waals surface area (Å²) in [5.74, 6) is -3.75. The van der Waals surface area contributed by atoms with Gasteiger partial charge in [-0.05, 0) is 59.9 Å². The second kappa shape index (κ2) is 14.4. The number of carbonyl (C=O) groups excluding carboxylic acids is 1. The Bertz CT molecular complexity index is 1550. The van der Waals surface area contributed by atoms with Crippen LogP contribution in [-0.4, -0.2) is 36.2 Å². The molecule has 0 bridgehead atoms. The van der Waals surface area contributed by atoms with E-state index in [9.17, 15) is 33.5 Å². The number of amides is 1. The van der Waals surface area contributed by atoms with Crippen LogP contribution in [0.25, 0.3) is 22.4 Å². The average molecular weight is 630 g/mol. The average Bonchev–Trinajstić information content (AvgIpc) is 3.29. The lowest BCUT2D eigenvalue weighted by molar-refractivity contribution is -0.280. The molecular formula is C30H32FN2O8P2+. The molecule has 2 unspecified atom stereocenters. The minimum Gasteiger partial charge on any atom is -0.343 e. The third-order valence-electron chi connectivity index (χ3n) is 6.61. The van der Waals surface area contributed by atoms with Gasteiger partial charge in [-0.15, -0.1) is 4.89 Å². The summed E-state index contributed by atoms with van der Waals surface area (Å²) >= 11 is 0. The number of hydrogen-bond acceptors (Lipinski definition) is 7. The molecule has 0 saturated carbocycles. The van der Waals surface area contributed by atoms with Crippen molar-refractivity contribution in [2.45, 2.75) is 45.1 Å². The zero-order valence-corrected chi connectivity index (χ0v) is 25.2. The molecule has 0 saturated heterocycles. The summed E-state index contributed by atoms with van der Waals surface area (Å²) in [6.45, 7) is 3.99. The van der Waals surface area contributed by atoms with Crippen LogP contribution in [-0.2, 0) is 20.2 Å². The van der Waals surface area contributed by atoms with Gasteiger partial charge in [-0.2, -0.15) is 0 Å². The van der Waals surface area contributed by atoms with Gasteiger partial charge in [0.05, 0.1) is 11.3 Å². The van der Waals surface area contributed by atoms with Crippen LogP contribution < -0.4 is 5.32 Å². The SMILES string of the molecule is CC(C)c1c(C(=O)Nc2ccccc2)c(-c2ccccc2)c(-c2ccc(F)cc2)n1CCCC(O)(OP(O)O)O[P+](=O)O. The number of aromatic nitrogens is 1. The number of nitrogens with one attached hydrogen (secondary N) is 1. The number of halogens is 1. The van der Waals surface area contributed by atoms with E-state index in [1.165, 1.54) is 12.1 Å². The fraction of sp³-hybridized carbons (Fsp3) is 0.233. The molecule has 0 aliphatic heterocycles. The molecule has 0 aliphatic rings. The number of nitrogens with zero attached hydrogens (tertiary/aromatic N) is 1. The van der Waals surface area contributed by atoms with Crippen LogP contribution in [0, 0.1) is 5.82 Å². The molecule has 4 aromatic rings. The largest absolute Gasteiger partial charge is 0.700 e. The van der Waals surface area contributed by atoms with Gasteiger partial charge >= 0.3 is 22.8 Å². The highest BCUT2D eigenvalue weighted by Crippen LogP contribution is 2.44. The molecule has 13 heteroatoms. The summed E-state index contributed by atoms with van der Waals surface area (Å²) in [6, 6.07) is 24.2. The van der Waals surface area contributed by atoms with Crippen LogP contribution in [0.15, 0.2) is 84.9 Å². The predicted molar refractivity (Wildman–Crippen MR) is 161 cm³/mol. The Morgan fingerprint density at radius 2 is 1.60 bits per heavy atom. The molecule has 4 rings (SSSR count). The van der Waals surface area contributed by atoms with Gasteiger partial charge in [-0.25, -0.2) is 4.39 Å². The van der Waals surface area contributed by atoms with Crippen LogP contribution in [0.5, 0.6) is 0 Å². The summed E-state index contributed by atoms with van der Waals surface area (Å²) in [6.07, 6.45) is -0.390. The smallest absolute Gasteiger partial charge is 0.343 e. The summed E-state index contributed by atoms with van der Waals surface area (Å²) < 4.78 is 36.5. The van der Waals surface area contributed by atoms with Crippen molar-refractivity contribution in [1.29, 1.82) is 0 Å². The minimum atomic E-state index is -3.35. The number of hydrogen-bond donors (Lipinski definition) is 5. The molecule has 43 heavy (non-hydrogen) atoms. The standard InChI is InChI=1S/C30H31FN2O8P2/c1-20(2)27-26(29(34)32-24-12-7-4-8-13-24)25(21-10-5-3-6-11-21)28(22-14-16-23(31)17-15-22)33(27)19-9-18-30(35,40-42(36)37)41-43(38)39/h3-8,10-17,20,35-37H,9,18-19H2,1-2H3,(H-,32,34,38,39)/p+1. The highest BCUT2D eigenvalue weighted by Gasteiger charge is 2.42. The fourth-order valence-electron chi connectivity index (χ4n) is 5.03. The predicted octanol–water partition coefficient (Wildman–Crippen LogP) is 6.66. The third-order valence-corrected chi connectivity index (χ3v) is 7.50.